The highest BCUT2D eigenvalue weighted by Gasteiger charge is 2.32. The van der Waals surface area contributed by atoms with Gasteiger partial charge in [-0.15, -0.1) is 0 Å². The molecule has 5 heterocycles. The molecule has 4 aromatic heterocycles. The van der Waals surface area contributed by atoms with Crippen LogP contribution in [0, 0.1) is 24.4 Å². The number of hydrogen-bond acceptors (Lipinski definition) is 10. The van der Waals surface area contributed by atoms with Gasteiger partial charge < -0.3 is 29.7 Å². The first kappa shape index (κ1) is 36.6. The summed E-state index contributed by atoms with van der Waals surface area (Å²) in [5.74, 6) is -0.423. The van der Waals surface area contributed by atoms with E-state index in [1.54, 1.807) is 25.1 Å². The molecule has 1 aliphatic rings. The molecule has 2 bridgehead atoms. The molecule has 7 rings (SSSR count). The van der Waals surface area contributed by atoms with E-state index in [2.05, 4.69) is 27.6 Å². The maximum Gasteiger partial charge on any atom is 0.245 e. The third-order valence-electron chi connectivity index (χ3n) is 9.71. The number of carbonyl (C=O) groups excluding carboxylic acids is 1. The minimum absolute atomic E-state index is 0.00240. The second-order valence-corrected chi connectivity index (χ2v) is 13.3. The molecule has 2 aromatic carbocycles. The van der Waals surface area contributed by atoms with Gasteiger partial charge in [0.25, 0.3) is 0 Å². The summed E-state index contributed by atoms with van der Waals surface area (Å²) in [6.45, 7) is 7.03. The van der Waals surface area contributed by atoms with Crippen LogP contribution in [0.4, 0.5) is 30.8 Å². The number of hydrogen-bond donors (Lipinski definition) is 2. The number of rotatable bonds is 8. The van der Waals surface area contributed by atoms with Crippen molar-refractivity contribution in [2.45, 2.75) is 58.7 Å². The van der Waals surface area contributed by atoms with Gasteiger partial charge in [0.2, 0.25) is 11.9 Å². The van der Waals surface area contributed by atoms with Crippen molar-refractivity contribution in [2.24, 2.45) is 0 Å². The van der Waals surface area contributed by atoms with Crippen molar-refractivity contribution in [2.75, 3.05) is 49.4 Å². The summed E-state index contributed by atoms with van der Waals surface area (Å²) < 4.78 is 53.4. The van der Waals surface area contributed by atoms with E-state index in [0.717, 1.165) is 25.0 Å². The first-order valence-electron chi connectivity index (χ1n) is 18.0. The summed E-state index contributed by atoms with van der Waals surface area (Å²) >= 11 is 0. The number of ether oxygens (including phenoxy) is 1. The molecule has 0 spiro atoms. The summed E-state index contributed by atoms with van der Waals surface area (Å²) in [5.41, 5.74) is 2.54. The topological polar surface area (TPSA) is 131 Å². The molecule has 2 unspecified atom stereocenters. The Kier molecular flexibility index (Phi) is 10.4. The van der Waals surface area contributed by atoms with Gasteiger partial charge in [-0.1, -0.05) is 26.3 Å². The highest BCUT2D eigenvalue weighted by atomic mass is 19.1. The monoisotopic (exact) mass is 741 g/mol. The second-order valence-electron chi connectivity index (χ2n) is 13.3. The standard InChI is InChI=1S/C38H42F3N11O2/c1-6-8-14-42-38-47-35(27-18-44-52(36(27)48-38)32-13-12-23(39)16-28(32)41)51-21-43-33-11-9-10-29(46-33)26-15-24(40)17-30-34(26)50(22(3)45-30)20-25(54-5)19-49(4)37(53)31(51)7-2/h9-13,15-18,25,31H,6-8,14,19-21H2,1-5H3,(H,43,46)(H,42,47,48). The van der Waals surface area contributed by atoms with Gasteiger partial charge in [-0.05, 0) is 50.1 Å². The summed E-state index contributed by atoms with van der Waals surface area (Å²) in [4.78, 5) is 37.2. The van der Waals surface area contributed by atoms with Crippen LogP contribution >= 0.6 is 0 Å². The smallest absolute Gasteiger partial charge is 0.245 e. The zero-order valence-electron chi connectivity index (χ0n) is 30.8. The molecule has 282 valence electrons. The molecule has 0 radical (unpaired) electrons. The van der Waals surface area contributed by atoms with Gasteiger partial charge >= 0.3 is 0 Å². The van der Waals surface area contributed by atoms with Crippen LogP contribution in [0.2, 0.25) is 0 Å². The largest absolute Gasteiger partial charge is 0.378 e. The normalized spacial score (nSPS) is 16.8. The van der Waals surface area contributed by atoms with Crippen molar-refractivity contribution < 1.29 is 22.7 Å². The van der Waals surface area contributed by atoms with Gasteiger partial charge in [-0.3, -0.25) is 4.79 Å². The van der Waals surface area contributed by atoms with Crippen LogP contribution in [0.3, 0.4) is 0 Å². The molecule has 54 heavy (non-hydrogen) atoms. The molecule has 2 N–H and O–H groups in total. The minimum Gasteiger partial charge on any atom is -0.378 e. The van der Waals surface area contributed by atoms with Gasteiger partial charge in [0.05, 0.1) is 47.6 Å². The predicted octanol–water partition coefficient (Wildman–Crippen LogP) is 6.31. The average Bonchev–Trinajstić information content (AvgIpc) is 3.71. The number of likely N-dealkylation sites (N-methyl/N-ethyl adjacent to an activating group) is 1. The van der Waals surface area contributed by atoms with Crippen molar-refractivity contribution >= 4 is 45.6 Å². The number of aromatic nitrogens is 7. The number of fused-ring (bicyclic) bond motifs is 4. The van der Waals surface area contributed by atoms with Gasteiger partial charge in [-0.25, -0.2) is 27.8 Å². The maximum atomic E-state index is 15.2. The Labute approximate surface area is 310 Å². The molecule has 1 aliphatic heterocycles. The van der Waals surface area contributed by atoms with Crippen molar-refractivity contribution in [1.29, 1.82) is 0 Å². The second kappa shape index (κ2) is 15.3. The number of halogens is 3. The van der Waals surface area contributed by atoms with E-state index in [1.807, 2.05) is 35.4 Å². The van der Waals surface area contributed by atoms with Crippen LogP contribution in [0.15, 0.2) is 54.7 Å². The van der Waals surface area contributed by atoms with Crippen LogP contribution in [-0.4, -0.2) is 91.2 Å². The molecule has 1 amide bonds. The number of unbranched alkanes of at least 4 members (excludes halogenated alkanes) is 1. The number of nitrogens with one attached hydrogen (secondary N) is 2. The number of aryl methyl sites for hydroxylation is 1. The van der Waals surface area contributed by atoms with Crippen molar-refractivity contribution in [3.63, 3.8) is 0 Å². The van der Waals surface area contributed by atoms with Crippen LogP contribution in [0.5, 0.6) is 0 Å². The molecule has 0 saturated carbocycles. The Morgan fingerprint density at radius 3 is 2.59 bits per heavy atom. The van der Waals surface area contributed by atoms with E-state index in [4.69, 9.17) is 19.7 Å². The lowest BCUT2D eigenvalue weighted by Gasteiger charge is -2.35. The summed E-state index contributed by atoms with van der Waals surface area (Å²) in [7, 11) is 3.32. The van der Waals surface area contributed by atoms with Crippen molar-refractivity contribution in [3.05, 3.63) is 78.0 Å². The van der Waals surface area contributed by atoms with Crippen molar-refractivity contribution in [3.8, 4) is 16.9 Å². The van der Waals surface area contributed by atoms with E-state index in [9.17, 15) is 9.18 Å². The van der Waals surface area contributed by atoms with Gasteiger partial charge in [0.1, 0.15) is 40.8 Å². The molecule has 0 aliphatic carbocycles. The SMILES string of the molecule is CCCCNc1nc(N2CNc3cccc(n3)-c3cc(F)cc4nc(C)n(c34)CC(OC)CN(C)C(=O)C2CC)c2cnn(-c3ccc(F)cc3F)c2n1. The van der Waals surface area contributed by atoms with Crippen LogP contribution < -0.4 is 15.5 Å². The summed E-state index contributed by atoms with van der Waals surface area (Å²) in [6, 6.07) is 10.8. The molecule has 0 saturated heterocycles. The Balaban J connectivity index is 1.40. The quantitative estimate of drug-likeness (QED) is 0.171. The van der Waals surface area contributed by atoms with E-state index in [-0.39, 0.29) is 36.4 Å². The number of carbonyl (C=O) groups is 1. The van der Waals surface area contributed by atoms with E-state index in [1.165, 1.54) is 29.1 Å². The third kappa shape index (κ3) is 7.00. The first-order valence-corrected chi connectivity index (χ1v) is 18.0. The Hall–Kier alpha value is -5.77. The Morgan fingerprint density at radius 2 is 1.83 bits per heavy atom. The van der Waals surface area contributed by atoms with E-state index >= 15 is 8.78 Å². The van der Waals surface area contributed by atoms with Gasteiger partial charge in [-0.2, -0.15) is 15.1 Å². The highest BCUT2D eigenvalue weighted by molar-refractivity contribution is 5.94. The third-order valence-corrected chi connectivity index (χ3v) is 9.71. The molecule has 0 fully saturated rings. The van der Waals surface area contributed by atoms with Gasteiger partial charge in [0, 0.05) is 44.9 Å². The lowest BCUT2D eigenvalue weighted by molar-refractivity contribution is -0.133. The maximum absolute atomic E-state index is 15.2. The van der Waals surface area contributed by atoms with E-state index < -0.39 is 29.6 Å². The number of pyridine rings is 1. The number of methoxy groups -OCH3 is 1. The summed E-state index contributed by atoms with van der Waals surface area (Å²) in [6.07, 6.45) is 3.21. The van der Waals surface area contributed by atoms with Gasteiger partial charge in [0.15, 0.2) is 11.5 Å². The fourth-order valence-electron chi connectivity index (χ4n) is 6.94. The van der Waals surface area contributed by atoms with Crippen LogP contribution in [-0.2, 0) is 16.1 Å². The fraction of sp³-hybridized carbons (Fsp3) is 0.368. The molecule has 13 nitrogen and oxygen atoms in total. The van der Waals surface area contributed by atoms with Crippen LogP contribution in [0.1, 0.15) is 38.9 Å². The number of benzene rings is 2. The number of amides is 1. The number of imidazole rings is 1. The highest BCUT2D eigenvalue weighted by Crippen LogP contribution is 2.33. The summed E-state index contributed by atoms with van der Waals surface area (Å²) in [5, 5.41) is 11.6. The minimum atomic E-state index is -0.813. The molecular formula is C38H42F3N11O2. The van der Waals surface area contributed by atoms with E-state index in [0.29, 0.717) is 64.6 Å². The average molecular weight is 742 g/mol. The van der Waals surface area contributed by atoms with Crippen molar-refractivity contribution in [1.82, 2.24) is 39.2 Å². The number of anilines is 3. The molecule has 16 heteroatoms. The zero-order chi connectivity index (χ0) is 38.1. The predicted molar refractivity (Wildman–Crippen MR) is 201 cm³/mol. The lowest BCUT2D eigenvalue weighted by atomic mass is 10.1. The Morgan fingerprint density at radius 1 is 1.00 bits per heavy atom. The van der Waals surface area contributed by atoms with Crippen LogP contribution in [0.25, 0.3) is 39.0 Å². The number of nitrogens with zero attached hydrogens (tertiary/aromatic N) is 9. The molecular weight excluding hydrogens is 699 g/mol. The fourth-order valence-corrected chi connectivity index (χ4v) is 6.94. The molecule has 6 aromatic rings. The zero-order valence-corrected chi connectivity index (χ0v) is 30.8. The Bertz CT molecular complexity index is 2330. The first-order chi connectivity index (χ1) is 26.1. The molecule has 2 atom stereocenters. The lowest BCUT2D eigenvalue weighted by Crippen LogP contribution is -2.51.